The van der Waals surface area contributed by atoms with Gasteiger partial charge >= 0.3 is 0 Å². The monoisotopic (exact) mass is 486 g/mol. The van der Waals surface area contributed by atoms with Gasteiger partial charge < -0.3 is 15.0 Å². The molecular weight excluding hydrogens is 467 g/mol. The van der Waals surface area contributed by atoms with Gasteiger partial charge in [0.1, 0.15) is 11.9 Å². The van der Waals surface area contributed by atoms with Gasteiger partial charge in [-0.25, -0.2) is 4.39 Å². The maximum Gasteiger partial charge on any atom is 0.253 e. The number of carbonyl (C=O) groups is 1. The van der Waals surface area contributed by atoms with Gasteiger partial charge in [0.25, 0.3) is 5.91 Å². The summed E-state index contributed by atoms with van der Waals surface area (Å²) in [5, 5.41) is 5.02. The van der Waals surface area contributed by atoms with Crippen molar-refractivity contribution in [1.82, 2.24) is 20.3 Å². The molecule has 8 heteroatoms. The van der Waals surface area contributed by atoms with Crippen LogP contribution >= 0.6 is 11.6 Å². The first-order chi connectivity index (χ1) is 17.0. The zero-order chi connectivity index (χ0) is 24.1. The minimum Gasteiger partial charge on any atom is -0.362 e. The summed E-state index contributed by atoms with van der Waals surface area (Å²) in [4.78, 5) is 24.8. The first kappa shape index (κ1) is 21.7. The van der Waals surface area contributed by atoms with Crippen LogP contribution in [0.15, 0.2) is 61.1 Å². The molecular formula is C27H20ClFN4O2. The molecule has 35 heavy (non-hydrogen) atoms. The van der Waals surface area contributed by atoms with Crippen LogP contribution in [0.5, 0.6) is 0 Å². The van der Waals surface area contributed by atoms with E-state index in [1.54, 1.807) is 24.5 Å². The summed E-state index contributed by atoms with van der Waals surface area (Å²) in [6.45, 7) is 2.42. The zero-order valence-electron chi connectivity index (χ0n) is 18.7. The third-order valence-corrected chi connectivity index (χ3v) is 6.65. The molecule has 0 bridgehead atoms. The van der Waals surface area contributed by atoms with Gasteiger partial charge in [0.2, 0.25) is 0 Å². The second-order valence-electron chi connectivity index (χ2n) is 8.72. The number of ether oxygens (including phenoxy) is 1. The average molecular weight is 487 g/mol. The number of fused-ring (bicyclic) bond motifs is 3. The fraction of sp³-hybridized carbons (Fsp3) is 0.148. The Balaban J connectivity index is 1.25. The molecule has 0 aliphatic carbocycles. The van der Waals surface area contributed by atoms with Crippen LogP contribution in [0.4, 0.5) is 4.39 Å². The number of pyridine rings is 2. The molecule has 0 radical (unpaired) electrons. The number of rotatable bonds is 4. The second kappa shape index (κ2) is 8.45. The predicted molar refractivity (Wildman–Crippen MR) is 132 cm³/mol. The molecule has 6 rings (SSSR count). The minimum atomic E-state index is -0.420. The minimum absolute atomic E-state index is 0.0209. The fourth-order valence-corrected chi connectivity index (χ4v) is 4.70. The third-order valence-electron chi connectivity index (χ3n) is 6.33. The van der Waals surface area contributed by atoms with Gasteiger partial charge in [-0.3, -0.25) is 14.8 Å². The first-order valence-corrected chi connectivity index (χ1v) is 11.5. The Labute approximate surface area is 205 Å². The number of H-pyrrole nitrogens is 1. The Morgan fingerprint density at radius 1 is 1.20 bits per heavy atom. The standard InChI is InChI=1S/C27H20ClFN4O2/c1-14-2-3-23-15(4-14)5-17(10-30-23)26-20-7-18(11-31-25(20)13-35-26)27(34)33-9-16-6-19-21(28)12-32-24(19)8-22(16)29/h2-8,10-12,26,32H,9,13H2,1H3,(H,33,34). The van der Waals surface area contributed by atoms with E-state index in [2.05, 4.69) is 32.4 Å². The lowest BCUT2D eigenvalue weighted by Crippen LogP contribution is -2.23. The SMILES string of the molecule is Cc1ccc2ncc(C3OCc4ncc(C(=O)NCc5cc6c(Cl)c[nH]c6cc5F)cc43)cc2c1. The first-order valence-electron chi connectivity index (χ1n) is 11.2. The number of nitrogens with zero attached hydrogens (tertiary/aromatic N) is 2. The predicted octanol–water partition coefficient (Wildman–Crippen LogP) is 5.76. The van der Waals surface area contributed by atoms with Crippen LogP contribution in [-0.4, -0.2) is 20.9 Å². The number of aromatic amines is 1. The number of aromatic nitrogens is 3. The lowest BCUT2D eigenvalue weighted by Gasteiger charge is -2.13. The zero-order valence-corrected chi connectivity index (χ0v) is 19.5. The van der Waals surface area contributed by atoms with Crippen molar-refractivity contribution in [2.24, 2.45) is 0 Å². The van der Waals surface area contributed by atoms with E-state index in [9.17, 15) is 9.18 Å². The summed E-state index contributed by atoms with van der Waals surface area (Å²) in [7, 11) is 0. The largest absolute Gasteiger partial charge is 0.362 e. The topological polar surface area (TPSA) is 79.9 Å². The van der Waals surface area contributed by atoms with Crippen LogP contribution in [0.1, 0.15) is 44.4 Å². The summed E-state index contributed by atoms with van der Waals surface area (Å²) in [6.07, 6.45) is 4.56. The van der Waals surface area contributed by atoms with Gasteiger partial charge in [0.15, 0.2) is 0 Å². The van der Waals surface area contributed by atoms with E-state index in [1.807, 2.05) is 19.1 Å². The molecule has 2 aromatic carbocycles. The smallest absolute Gasteiger partial charge is 0.253 e. The van der Waals surface area contributed by atoms with E-state index in [1.165, 1.54) is 12.3 Å². The van der Waals surface area contributed by atoms with E-state index in [0.717, 1.165) is 33.3 Å². The highest BCUT2D eigenvalue weighted by Crippen LogP contribution is 2.36. The number of amides is 1. The normalized spacial score (nSPS) is 15.0. The van der Waals surface area contributed by atoms with Crippen molar-refractivity contribution >= 4 is 39.3 Å². The molecule has 5 aromatic rings. The summed E-state index contributed by atoms with van der Waals surface area (Å²) in [5.41, 5.74) is 5.92. The van der Waals surface area contributed by atoms with E-state index >= 15 is 0 Å². The highest BCUT2D eigenvalue weighted by Gasteiger charge is 2.28. The number of carbonyl (C=O) groups excluding carboxylic acids is 1. The summed E-state index contributed by atoms with van der Waals surface area (Å²) in [5.74, 6) is -0.770. The molecule has 1 aliphatic heterocycles. The van der Waals surface area contributed by atoms with Crippen LogP contribution in [0, 0.1) is 12.7 Å². The molecule has 1 amide bonds. The molecule has 0 saturated heterocycles. The van der Waals surface area contributed by atoms with Gasteiger partial charge in [-0.2, -0.15) is 0 Å². The van der Waals surface area contributed by atoms with Crippen molar-refractivity contribution < 1.29 is 13.9 Å². The number of hydrogen-bond acceptors (Lipinski definition) is 4. The highest BCUT2D eigenvalue weighted by molar-refractivity contribution is 6.35. The molecule has 3 aromatic heterocycles. The Bertz CT molecular complexity index is 1630. The van der Waals surface area contributed by atoms with Crippen LogP contribution in [0.25, 0.3) is 21.8 Å². The van der Waals surface area contributed by atoms with E-state index < -0.39 is 5.82 Å². The molecule has 1 unspecified atom stereocenters. The molecule has 0 fully saturated rings. The van der Waals surface area contributed by atoms with Crippen LogP contribution in [-0.2, 0) is 17.9 Å². The van der Waals surface area contributed by atoms with Gasteiger partial charge in [-0.05, 0) is 43.3 Å². The second-order valence-corrected chi connectivity index (χ2v) is 9.13. The third kappa shape index (κ3) is 3.92. The van der Waals surface area contributed by atoms with Gasteiger partial charge in [0.05, 0.1) is 28.4 Å². The number of nitrogens with one attached hydrogen (secondary N) is 2. The van der Waals surface area contributed by atoms with E-state index in [0.29, 0.717) is 33.7 Å². The van der Waals surface area contributed by atoms with Crippen LogP contribution in [0.3, 0.4) is 0 Å². The quantitative estimate of drug-likeness (QED) is 0.338. The fourth-order valence-electron chi connectivity index (χ4n) is 4.49. The van der Waals surface area contributed by atoms with Crippen molar-refractivity contribution in [2.45, 2.75) is 26.2 Å². The molecule has 1 atom stereocenters. The Hall–Kier alpha value is -3.81. The van der Waals surface area contributed by atoms with Crippen LogP contribution < -0.4 is 5.32 Å². The lowest BCUT2D eigenvalue weighted by atomic mass is 10.00. The lowest BCUT2D eigenvalue weighted by molar-refractivity contribution is 0.0926. The number of benzene rings is 2. The van der Waals surface area contributed by atoms with Crippen molar-refractivity contribution in [3.8, 4) is 0 Å². The maximum absolute atomic E-state index is 14.5. The van der Waals surface area contributed by atoms with Crippen molar-refractivity contribution in [3.63, 3.8) is 0 Å². The number of hydrogen-bond donors (Lipinski definition) is 2. The molecule has 4 heterocycles. The number of halogens is 2. The molecule has 0 saturated carbocycles. The molecule has 6 nitrogen and oxygen atoms in total. The molecule has 1 aliphatic rings. The molecule has 0 spiro atoms. The summed E-state index contributed by atoms with van der Waals surface area (Å²) in [6, 6.07) is 13.0. The maximum atomic E-state index is 14.5. The van der Waals surface area contributed by atoms with Gasteiger partial charge in [0, 0.05) is 58.1 Å². The Kier molecular flexibility index (Phi) is 5.24. The summed E-state index contributed by atoms with van der Waals surface area (Å²) < 4.78 is 20.5. The van der Waals surface area contributed by atoms with Gasteiger partial charge in [-0.15, -0.1) is 0 Å². The molecule has 2 N–H and O–H groups in total. The van der Waals surface area contributed by atoms with E-state index in [4.69, 9.17) is 16.3 Å². The van der Waals surface area contributed by atoms with Gasteiger partial charge in [-0.1, -0.05) is 23.2 Å². The number of aryl methyl sites for hydroxylation is 1. The Morgan fingerprint density at radius 2 is 2.09 bits per heavy atom. The van der Waals surface area contributed by atoms with Crippen molar-refractivity contribution in [1.29, 1.82) is 0 Å². The highest BCUT2D eigenvalue weighted by atomic mass is 35.5. The van der Waals surface area contributed by atoms with E-state index in [-0.39, 0.29) is 18.6 Å². The van der Waals surface area contributed by atoms with Crippen molar-refractivity contribution in [2.75, 3.05) is 0 Å². The Morgan fingerprint density at radius 3 is 2.97 bits per heavy atom. The van der Waals surface area contributed by atoms with Crippen LogP contribution in [0.2, 0.25) is 5.02 Å². The average Bonchev–Trinajstić information content (AvgIpc) is 3.44. The summed E-state index contributed by atoms with van der Waals surface area (Å²) >= 11 is 6.15. The molecule has 174 valence electrons. The van der Waals surface area contributed by atoms with Crippen molar-refractivity contribution in [3.05, 3.63) is 105 Å².